The van der Waals surface area contributed by atoms with E-state index in [-0.39, 0.29) is 5.97 Å². The molecule has 0 radical (unpaired) electrons. The number of rotatable bonds is 5. The van der Waals surface area contributed by atoms with Gasteiger partial charge >= 0.3 is 5.97 Å². The molecule has 0 saturated heterocycles. The van der Waals surface area contributed by atoms with Crippen LogP contribution in [0, 0.1) is 0 Å². The molecule has 1 aromatic rings. The van der Waals surface area contributed by atoms with Gasteiger partial charge in [-0.1, -0.05) is 13.3 Å². The van der Waals surface area contributed by atoms with E-state index in [9.17, 15) is 4.79 Å². The Kier molecular flexibility index (Phi) is 4.81. The Bertz CT molecular complexity index is 323. The molecule has 1 rings (SSSR count). The van der Waals surface area contributed by atoms with Gasteiger partial charge in [0.15, 0.2) is 0 Å². The molecule has 0 spiro atoms. The number of pyridine rings is 1. The maximum atomic E-state index is 11.4. The summed E-state index contributed by atoms with van der Waals surface area (Å²) in [6.07, 6.45) is 4.81. The maximum absolute atomic E-state index is 11.4. The molecule has 0 fully saturated rings. The molecule has 1 heterocycles. The van der Waals surface area contributed by atoms with Crippen LogP contribution in [-0.2, 0) is 11.2 Å². The summed E-state index contributed by atoms with van der Waals surface area (Å²) >= 11 is 0. The van der Waals surface area contributed by atoms with E-state index in [1.807, 2.05) is 6.07 Å². The van der Waals surface area contributed by atoms with E-state index in [4.69, 9.17) is 4.74 Å². The Hall–Kier alpha value is -1.38. The Morgan fingerprint density at radius 3 is 2.93 bits per heavy atom. The molecule has 0 aromatic carbocycles. The van der Waals surface area contributed by atoms with Crippen molar-refractivity contribution in [3.05, 3.63) is 29.6 Å². The molecule has 0 aliphatic rings. The van der Waals surface area contributed by atoms with Gasteiger partial charge in [0.05, 0.1) is 12.2 Å². The first-order chi connectivity index (χ1) is 7.27. The van der Waals surface area contributed by atoms with Crippen LogP contribution in [-0.4, -0.2) is 17.6 Å². The Labute approximate surface area is 90.5 Å². The third kappa shape index (κ3) is 3.70. The van der Waals surface area contributed by atoms with E-state index in [1.54, 1.807) is 19.2 Å². The predicted octanol–water partition coefficient (Wildman–Crippen LogP) is 2.60. The minimum absolute atomic E-state index is 0.266. The number of carbonyl (C=O) groups is 1. The van der Waals surface area contributed by atoms with Crippen LogP contribution in [0.2, 0.25) is 0 Å². The molecule has 3 heteroatoms. The topological polar surface area (TPSA) is 39.2 Å². The number of aryl methyl sites for hydroxylation is 1. The minimum atomic E-state index is -0.266. The van der Waals surface area contributed by atoms with E-state index in [0.717, 1.165) is 25.0 Å². The summed E-state index contributed by atoms with van der Waals surface area (Å²) in [6, 6.07) is 3.50. The monoisotopic (exact) mass is 207 g/mol. The van der Waals surface area contributed by atoms with Crippen LogP contribution in [0.1, 0.15) is 42.7 Å². The molecule has 0 unspecified atom stereocenters. The average molecular weight is 207 g/mol. The van der Waals surface area contributed by atoms with Crippen molar-refractivity contribution in [2.45, 2.75) is 33.1 Å². The lowest BCUT2D eigenvalue weighted by molar-refractivity contribution is 0.0526. The highest BCUT2D eigenvalue weighted by atomic mass is 16.5. The summed E-state index contributed by atoms with van der Waals surface area (Å²) in [7, 11) is 0. The van der Waals surface area contributed by atoms with Gasteiger partial charge in [0, 0.05) is 11.9 Å². The summed E-state index contributed by atoms with van der Waals surface area (Å²) in [5.41, 5.74) is 1.56. The molecule has 3 nitrogen and oxygen atoms in total. The van der Waals surface area contributed by atoms with Crippen LogP contribution < -0.4 is 0 Å². The first kappa shape index (κ1) is 11.7. The Morgan fingerprint density at radius 2 is 2.27 bits per heavy atom. The van der Waals surface area contributed by atoms with Crippen molar-refractivity contribution in [2.75, 3.05) is 6.61 Å². The van der Waals surface area contributed by atoms with Crippen LogP contribution in [0.3, 0.4) is 0 Å². The highest BCUT2D eigenvalue weighted by molar-refractivity contribution is 5.89. The van der Waals surface area contributed by atoms with Crippen LogP contribution in [0.5, 0.6) is 0 Å². The van der Waals surface area contributed by atoms with Crippen LogP contribution in [0.15, 0.2) is 18.3 Å². The van der Waals surface area contributed by atoms with E-state index in [0.29, 0.717) is 12.2 Å². The lowest BCUT2D eigenvalue weighted by Crippen LogP contribution is -2.05. The summed E-state index contributed by atoms with van der Waals surface area (Å²) in [6.45, 7) is 4.34. The van der Waals surface area contributed by atoms with E-state index >= 15 is 0 Å². The molecular formula is C12H17NO2. The van der Waals surface area contributed by atoms with Crippen molar-refractivity contribution in [3.8, 4) is 0 Å². The van der Waals surface area contributed by atoms with Gasteiger partial charge in [-0.25, -0.2) is 4.79 Å². The summed E-state index contributed by atoms with van der Waals surface area (Å²) in [4.78, 5) is 15.6. The predicted molar refractivity (Wildman–Crippen MR) is 58.8 cm³/mol. The zero-order chi connectivity index (χ0) is 11.1. The highest BCUT2D eigenvalue weighted by Gasteiger charge is 2.06. The van der Waals surface area contributed by atoms with Gasteiger partial charge in [-0.05, 0) is 31.9 Å². The molecular weight excluding hydrogens is 190 g/mol. The fourth-order valence-corrected chi connectivity index (χ4v) is 1.31. The van der Waals surface area contributed by atoms with Gasteiger partial charge in [0.1, 0.15) is 0 Å². The lowest BCUT2D eigenvalue weighted by Gasteiger charge is -2.03. The van der Waals surface area contributed by atoms with Crippen molar-refractivity contribution >= 4 is 5.97 Å². The molecule has 0 aliphatic heterocycles. The van der Waals surface area contributed by atoms with Gasteiger partial charge in [0.2, 0.25) is 0 Å². The smallest absolute Gasteiger partial charge is 0.338 e. The van der Waals surface area contributed by atoms with Gasteiger partial charge < -0.3 is 4.74 Å². The fourth-order valence-electron chi connectivity index (χ4n) is 1.31. The number of carbonyl (C=O) groups excluding carboxylic acids is 1. The van der Waals surface area contributed by atoms with Gasteiger partial charge in [-0.15, -0.1) is 0 Å². The number of esters is 1. The number of aromatic nitrogens is 1. The molecule has 0 atom stereocenters. The summed E-state index contributed by atoms with van der Waals surface area (Å²) in [5, 5.41) is 0. The van der Waals surface area contributed by atoms with E-state index < -0.39 is 0 Å². The molecule has 1 aromatic heterocycles. The molecule has 0 amide bonds. The van der Waals surface area contributed by atoms with Gasteiger partial charge in [-0.2, -0.15) is 0 Å². The van der Waals surface area contributed by atoms with E-state index in [1.165, 1.54) is 0 Å². The first-order valence-corrected chi connectivity index (χ1v) is 5.40. The summed E-state index contributed by atoms with van der Waals surface area (Å²) < 4.78 is 4.92. The minimum Gasteiger partial charge on any atom is -0.462 e. The molecule has 0 aliphatic carbocycles. The SMILES string of the molecule is CCCCc1cc(C(=O)OCC)ccn1. The fraction of sp³-hybridized carbons (Fsp3) is 0.500. The molecule has 15 heavy (non-hydrogen) atoms. The summed E-state index contributed by atoms with van der Waals surface area (Å²) in [5.74, 6) is -0.266. The third-order valence-electron chi connectivity index (χ3n) is 2.11. The van der Waals surface area contributed by atoms with Crippen LogP contribution >= 0.6 is 0 Å². The maximum Gasteiger partial charge on any atom is 0.338 e. The highest BCUT2D eigenvalue weighted by Crippen LogP contribution is 2.06. The van der Waals surface area contributed by atoms with Crippen molar-refractivity contribution in [3.63, 3.8) is 0 Å². The number of unbranched alkanes of at least 4 members (excludes halogenated alkanes) is 1. The second-order valence-electron chi connectivity index (χ2n) is 3.36. The normalized spacial score (nSPS) is 10.0. The zero-order valence-corrected chi connectivity index (χ0v) is 9.32. The van der Waals surface area contributed by atoms with Crippen molar-refractivity contribution in [2.24, 2.45) is 0 Å². The largest absolute Gasteiger partial charge is 0.462 e. The van der Waals surface area contributed by atoms with Gasteiger partial charge in [-0.3, -0.25) is 4.98 Å². The average Bonchev–Trinajstić information content (AvgIpc) is 2.27. The van der Waals surface area contributed by atoms with E-state index in [2.05, 4.69) is 11.9 Å². The van der Waals surface area contributed by atoms with Crippen molar-refractivity contribution in [1.82, 2.24) is 4.98 Å². The second kappa shape index (κ2) is 6.17. The number of hydrogen-bond donors (Lipinski definition) is 0. The quantitative estimate of drug-likeness (QED) is 0.697. The lowest BCUT2D eigenvalue weighted by atomic mass is 10.1. The van der Waals surface area contributed by atoms with Gasteiger partial charge in [0.25, 0.3) is 0 Å². The number of nitrogens with zero attached hydrogens (tertiary/aromatic N) is 1. The Balaban J connectivity index is 2.69. The molecule has 0 saturated carbocycles. The van der Waals surface area contributed by atoms with Crippen LogP contribution in [0.25, 0.3) is 0 Å². The zero-order valence-electron chi connectivity index (χ0n) is 9.32. The number of ether oxygens (including phenoxy) is 1. The molecule has 0 bridgehead atoms. The van der Waals surface area contributed by atoms with Crippen molar-refractivity contribution in [1.29, 1.82) is 0 Å². The van der Waals surface area contributed by atoms with Crippen LogP contribution in [0.4, 0.5) is 0 Å². The molecule has 82 valence electrons. The third-order valence-corrected chi connectivity index (χ3v) is 2.11. The van der Waals surface area contributed by atoms with Crippen molar-refractivity contribution < 1.29 is 9.53 Å². The molecule has 0 N–H and O–H groups in total. The number of hydrogen-bond acceptors (Lipinski definition) is 3. The second-order valence-corrected chi connectivity index (χ2v) is 3.36. The Morgan fingerprint density at radius 1 is 1.47 bits per heavy atom. The first-order valence-electron chi connectivity index (χ1n) is 5.40. The standard InChI is InChI=1S/C12H17NO2/c1-3-5-6-11-9-10(7-8-13-11)12(14)15-4-2/h7-9H,3-6H2,1-2H3.